The van der Waals surface area contributed by atoms with Gasteiger partial charge in [0.05, 0.1) is 18.4 Å². The number of hydrogen-bond acceptors (Lipinski definition) is 4. The number of carbonyl (C=O) groups excluding carboxylic acids is 1. The minimum Gasteiger partial charge on any atom is -0.495 e. The first-order valence-electron chi connectivity index (χ1n) is 9.41. The van der Waals surface area contributed by atoms with E-state index in [2.05, 4.69) is 10.0 Å². The van der Waals surface area contributed by atoms with Crippen LogP contribution < -0.4 is 14.8 Å². The molecular weight excluding hydrogens is 481 g/mol. The molecule has 0 aliphatic rings. The van der Waals surface area contributed by atoms with Crippen LogP contribution in [0.3, 0.4) is 0 Å². The van der Waals surface area contributed by atoms with Crippen LogP contribution in [0.1, 0.15) is 21.5 Å². The van der Waals surface area contributed by atoms with Crippen molar-refractivity contribution >= 4 is 33.2 Å². The zero-order valence-electron chi connectivity index (χ0n) is 17.1. The molecule has 0 saturated heterocycles. The van der Waals surface area contributed by atoms with Crippen molar-refractivity contribution in [1.29, 1.82) is 0 Å². The molecule has 3 aromatic rings. The van der Waals surface area contributed by atoms with E-state index in [0.717, 1.165) is 12.1 Å². The molecule has 0 fully saturated rings. The number of sulfonamides is 1. The Morgan fingerprint density at radius 2 is 1.73 bits per heavy atom. The van der Waals surface area contributed by atoms with Gasteiger partial charge in [0.2, 0.25) is 10.0 Å². The van der Waals surface area contributed by atoms with Gasteiger partial charge >= 0.3 is 6.18 Å². The quantitative estimate of drug-likeness (QED) is 0.475. The first-order chi connectivity index (χ1) is 15.5. The van der Waals surface area contributed by atoms with Crippen LogP contribution >= 0.6 is 11.6 Å². The van der Waals surface area contributed by atoms with Crippen LogP contribution in [0.15, 0.2) is 71.6 Å². The van der Waals surface area contributed by atoms with E-state index in [4.69, 9.17) is 16.3 Å². The molecular formula is C22H18ClF3N2O4S. The molecule has 0 heterocycles. The van der Waals surface area contributed by atoms with Gasteiger partial charge in [-0.05, 0) is 42.0 Å². The maximum atomic E-state index is 13.3. The largest absolute Gasteiger partial charge is 0.495 e. The lowest BCUT2D eigenvalue weighted by Gasteiger charge is -2.15. The Labute approximate surface area is 193 Å². The van der Waals surface area contributed by atoms with E-state index in [1.165, 1.54) is 25.3 Å². The second-order valence-corrected chi connectivity index (χ2v) is 8.99. The van der Waals surface area contributed by atoms with Gasteiger partial charge < -0.3 is 10.1 Å². The number of amides is 1. The smallest absolute Gasteiger partial charge is 0.418 e. The predicted octanol–water partition coefficient (Wildman–Crippen LogP) is 5.10. The number of rotatable bonds is 7. The van der Waals surface area contributed by atoms with Crippen LogP contribution in [0.2, 0.25) is 5.02 Å². The second kappa shape index (κ2) is 9.82. The average Bonchev–Trinajstić information content (AvgIpc) is 2.78. The lowest BCUT2D eigenvalue weighted by atomic mass is 10.1. The van der Waals surface area contributed by atoms with E-state index in [1.54, 1.807) is 30.3 Å². The van der Waals surface area contributed by atoms with Crippen molar-refractivity contribution in [2.45, 2.75) is 17.6 Å². The Hall–Kier alpha value is -3.08. The monoisotopic (exact) mass is 498 g/mol. The van der Waals surface area contributed by atoms with Crippen molar-refractivity contribution in [1.82, 2.24) is 4.72 Å². The van der Waals surface area contributed by atoms with Crippen molar-refractivity contribution in [3.05, 3.63) is 88.4 Å². The zero-order chi connectivity index (χ0) is 24.2. The SMILES string of the molecule is COc1ccc(C(=O)Nc2ccc(Cl)cc2C(F)(F)F)cc1S(=O)(=O)NCc1ccccc1. The summed E-state index contributed by atoms with van der Waals surface area (Å²) >= 11 is 5.65. The first-order valence-corrected chi connectivity index (χ1v) is 11.3. The lowest BCUT2D eigenvalue weighted by Crippen LogP contribution is -2.24. The molecule has 2 N–H and O–H groups in total. The Morgan fingerprint density at radius 1 is 1.03 bits per heavy atom. The molecule has 3 rings (SSSR count). The summed E-state index contributed by atoms with van der Waals surface area (Å²) in [6.07, 6.45) is -4.76. The highest BCUT2D eigenvalue weighted by molar-refractivity contribution is 7.89. The van der Waals surface area contributed by atoms with Crippen molar-refractivity contribution in [2.24, 2.45) is 0 Å². The molecule has 0 atom stereocenters. The average molecular weight is 499 g/mol. The fourth-order valence-corrected chi connectivity index (χ4v) is 4.32. The molecule has 1 amide bonds. The molecule has 0 aliphatic heterocycles. The van der Waals surface area contributed by atoms with Crippen LogP contribution in [0.5, 0.6) is 5.75 Å². The van der Waals surface area contributed by atoms with E-state index in [1.807, 2.05) is 0 Å². The van der Waals surface area contributed by atoms with Gasteiger partial charge in [-0.1, -0.05) is 41.9 Å². The second-order valence-electron chi connectivity index (χ2n) is 6.82. The van der Waals surface area contributed by atoms with Gasteiger partial charge in [-0.2, -0.15) is 13.2 Å². The van der Waals surface area contributed by atoms with Gasteiger partial charge in [0, 0.05) is 17.1 Å². The lowest BCUT2D eigenvalue weighted by molar-refractivity contribution is -0.136. The predicted molar refractivity (Wildman–Crippen MR) is 118 cm³/mol. The molecule has 0 spiro atoms. The number of ether oxygens (including phenoxy) is 1. The molecule has 0 aliphatic carbocycles. The van der Waals surface area contributed by atoms with Crippen LogP contribution in [-0.2, 0) is 22.7 Å². The van der Waals surface area contributed by atoms with E-state index in [-0.39, 0.29) is 27.8 Å². The van der Waals surface area contributed by atoms with E-state index in [0.29, 0.717) is 11.6 Å². The molecule has 6 nitrogen and oxygen atoms in total. The molecule has 174 valence electrons. The van der Waals surface area contributed by atoms with Gasteiger partial charge in [0.1, 0.15) is 10.6 Å². The van der Waals surface area contributed by atoms with E-state index < -0.39 is 33.4 Å². The molecule has 3 aromatic carbocycles. The first kappa shape index (κ1) is 24.6. The van der Waals surface area contributed by atoms with Crippen molar-refractivity contribution in [3.63, 3.8) is 0 Å². The third-order valence-corrected chi connectivity index (χ3v) is 6.22. The van der Waals surface area contributed by atoms with Gasteiger partial charge in [0.25, 0.3) is 5.91 Å². The normalized spacial score (nSPS) is 11.8. The fourth-order valence-electron chi connectivity index (χ4n) is 2.93. The molecule has 0 saturated carbocycles. The maximum absolute atomic E-state index is 13.3. The standard InChI is InChI=1S/C22H18ClF3N2O4S/c1-32-19-10-7-15(11-20(19)33(30,31)27-13-14-5-3-2-4-6-14)21(29)28-18-9-8-16(23)12-17(18)22(24,25)26/h2-12,27H,13H2,1H3,(H,28,29). The number of alkyl halides is 3. The highest BCUT2D eigenvalue weighted by Crippen LogP contribution is 2.37. The summed E-state index contributed by atoms with van der Waals surface area (Å²) in [5.74, 6) is -0.973. The molecule has 0 unspecified atom stereocenters. The van der Waals surface area contributed by atoms with Crippen molar-refractivity contribution < 1.29 is 31.1 Å². The topological polar surface area (TPSA) is 84.5 Å². The van der Waals surface area contributed by atoms with Crippen LogP contribution in [-0.4, -0.2) is 21.4 Å². The molecule has 11 heteroatoms. The summed E-state index contributed by atoms with van der Waals surface area (Å²) in [6, 6.07) is 15.2. The zero-order valence-corrected chi connectivity index (χ0v) is 18.7. The molecule has 0 bridgehead atoms. The van der Waals surface area contributed by atoms with Crippen LogP contribution in [0.4, 0.5) is 18.9 Å². The Balaban J connectivity index is 1.90. The van der Waals surface area contributed by atoms with Crippen LogP contribution in [0, 0.1) is 0 Å². The third kappa shape index (κ3) is 6.04. The number of nitrogens with one attached hydrogen (secondary N) is 2. The van der Waals surface area contributed by atoms with Gasteiger partial charge in [0.15, 0.2) is 0 Å². The summed E-state index contributed by atoms with van der Waals surface area (Å²) in [4.78, 5) is 12.3. The number of carbonyl (C=O) groups is 1. The maximum Gasteiger partial charge on any atom is 0.418 e. The molecule has 33 heavy (non-hydrogen) atoms. The summed E-state index contributed by atoms with van der Waals surface area (Å²) < 4.78 is 73.2. The van der Waals surface area contributed by atoms with E-state index in [9.17, 15) is 26.4 Å². The Morgan fingerprint density at radius 3 is 2.36 bits per heavy atom. The number of benzene rings is 3. The molecule has 0 radical (unpaired) electrons. The minimum absolute atomic E-state index is 0.0114. The molecule has 0 aromatic heterocycles. The van der Waals surface area contributed by atoms with Crippen molar-refractivity contribution in [3.8, 4) is 5.75 Å². The number of hydrogen-bond donors (Lipinski definition) is 2. The number of methoxy groups -OCH3 is 1. The Kier molecular flexibility index (Phi) is 7.31. The van der Waals surface area contributed by atoms with E-state index >= 15 is 0 Å². The van der Waals surface area contributed by atoms with Gasteiger partial charge in [-0.15, -0.1) is 0 Å². The highest BCUT2D eigenvalue weighted by Gasteiger charge is 2.34. The van der Waals surface area contributed by atoms with Gasteiger partial charge in [-0.25, -0.2) is 13.1 Å². The van der Waals surface area contributed by atoms with Crippen LogP contribution in [0.25, 0.3) is 0 Å². The Bertz CT molecular complexity index is 1270. The minimum atomic E-state index is -4.76. The number of halogens is 4. The summed E-state index contributed by atoms with van der Waals surface area (Å²) in [7, 11) is -2.86. The third-order valence-electron chi connectivity index (χ3n) is 4.56. The summed E-state index contributed by atoms with van der Waals surface area (Å²) in [5, 5.41) is 2.01. The van der Waals surface area contributed by atoms with Crippen molar-refractivity contribution in [2.75, 3.05) is 12.4 Å². The fraction of sp³-hybridized carbons (Fsp3) is 0.136. The van der Waals surface area contributed by atoms with Gasteiger partial charge in [-0.3, -0.25) is 4.79 Å². The summed E-state index contributed by atoms with van der Waals surface area (Å²) in [5.41, 5.74) is -1.12. The number of anilines is 1. The summed E-state index contributed by atoms with van der Waals surface area (Å²) in [6.45, 7) is -0.0114. The highest BCUT2D eigenvalue weighted by atomic mass is 35.5.